The van der Waals surface area contributed by atoms with Crippen LogP contribution in [0.2, 0.25) is 5.02 Å². The number of rotatable bonds is 1. The van der Waals surface area contributed by atoms with E-state index in [1.54, 1.807) is 6.07 Å². The Labute approximate surface area is 118 Å². The average Bonchev–Trinajstić information content (AvgIpc) is 2.94. The maximum absolute atomic E-state index is 12.6. The molecule has 3 rings (SSSR count). The summed E-state index contributed by atoms with van der Waals surface area (Å²) < 4.78 is 0. The van der Waals surface area contributed by atoms with E-state index in [1.807, 2.05) is 24.0 Å². The summed E-state index contributed by atoms with van der Waals surface area (Å²) in [4.78, 5) is 14.5. The summed E-state index contributed by atoms with van der Waals surface area (Å²) in [6, 6.07) is 5.76. The first-order chi connectivity index (χ1) is 9.06. The van der Waals surface area contributed by atoms with Crippen molar-refractivity contribution in [3.8, 4) is 0 Å². The van der Waals surface area contributed by atoms with Crippen LogP contribution in [0.1, 0.15) is 28.8 Å². The van der Waals surface area contributed by atoms with E-state index in [-0.39, 0.29) is 11.9 Å². The third-order valence-electron chi connectivity index (χ3n) is 4.63. The monoisotopic (exact) mass is 278 g/mol. The van der Waals surface area contributed by atoms with Crippen LogP contribution in [-0.2, 0) is 0 Å². The second-order valence-corrected chi connectivity index (χ2v) is 6.27. The van der Waals surface area contributed by atoms with Gasteiger partial charge in [0.05, 0.1) is 0 Å². The molecule has 3 nitrogen and oxygen atoms in total. The molecule has 1 aromatic carbocycles. The van der Waals surface area contributed by atoms with Crippen molar-refractivity contribution >= 4 is 17.5 Å². The first-order valence-corrected chi connectivity index (χ1v) is 7.25. The van der Waals surface area contributed by atoms with Crippen molar-refractivity contribution in [2.45, 2.75) is 25.8 Å². The molecule has 3 unspecified atom stereocenters. The van der Waals surface area contributed by atoms with Crippen LogP contribution in [0.4, 0.5) is 0 Å². The van der Waals surface area contributed by atoms with Gasteiger partial charge in [0, 0.05) is 29.7 Å². The zero-order valence-electron chi connectivity index (χ0n) is 11.1. The Balaban J connectivity index is 1.80. The molecular formula is C15H19ClN2O. The number of fused-ring (bicyclic) bond motifs is 1. The number of halogens is 1. The molecule has 0 spiro atoms. The number of nitrogens with two attached hydrogens (primary N) is 1. The summed E-state index contributed by atoms with van der Waals surface area (Å²) in [6.45, 7) is 3.60. The molecule has 1 aliphatic heterocycles. The maximum Gasteiger partial charge on any atom is 0.254 e. The number of nitrogens with zero attached hydrogens (tertiary/aromatic N) is 1. The summed E-state index contributed by atoms with van der Waals surface area (Å²) in [6.07, 6.45) is 2.26. The van der Waals surface area contributed by atoms with Crippen molar-refractivity contribution in [2.75, 3.05) is 13.1 Å². The highest BCUT2D eigenvalue weighted by Gasteiger charge is 2.42. The van der Waals surface area contributed by atoms with E-state index in [9.17, 15) is 4.79 Å². The van der Waals surface area contributed by atoms with E-state index in [0.29, 0.717) is 16.9 Å². The highest BCUT2D eigenvalue weighted by molar-refractivity contribution is 6.31. The van der Waals surface area contributed by atoms with E-state index < -0.39 is 0 Å². The van der Waals surface area contributed by atoms with Gasteiger partial charge in [-0.1, -0.05) is 17.7 Å². The van der Waals surface area contributed by atoms with Crippen molar-refractivity contribution in [3.05, 3.63) is 34.3 Å². The second kappa shape index (κ2) is 4.80. The highest BCUT2D eigenvalue weighted by atomic mass is 35.5. The van der Waals surface area contributed by atoms with Crippen molar-refractivity contribution in [1.29, 1.82) is 0 Å². The lowest BCUT2D eigenvalue weighted by Gasteiger charge is -2.20. The number of aryl methyl sites for hydroxylation is 1. The van der Waals surface area contributed by atoms with Gasteiger partial charge >= 0.3 is 0 Å². The van der Waals surface area contributed by atoms with Gasteiger partial charge in [-0.2, -0.15) is 0 Å². The smallest absolute Gasteiger partial charge is 0.254 e. The lowest BCUT2D eigenvalue weighted by molar-refractivity contribution is 0.0779. The van der Waals surface area contributed by atoms with Crippen LogP contribution in [0.5, 0.6) is 0 Å². The molecular weight excluding hydrogens is 260 g/mol. The van der Waals surface area contributed by atoms with Gasteiger partial charge < -0.3 is 10.6 Å². The molecule has 1 saturated carbocycles. The zero-order valence-corrected chi connectivity index (χ0v) is 11.9. The Morgan fingerprint density at radius 3 is 2.89 bits per heavy atom. The molecule has 0 bridgehead atoms. The number of carbonyl (C=O) groups excluding carboxylic acids is 1. The Hall–Kier alpha value is -1.06. The number of benzene rings is 1. The molecule has 1 aromatic rings. The molecule has 0 aromatic heterocycles. The standard InChI is InChI=1S/C15H19ClN2O/c1-9-2-4-11(16)6-12(9)15(19)18-7-10-3-5-14(17)13(10)8-18/h2,4,6,10,13-14H,3,5,7-8,17H2,1H3. The summed E-state index contributed by atoms with van der Waals surface area (Å²) in [7, 11) is 0. The minimum atomic E-state index is 0.0987. The largest absolute Gasteiger partial charge is 0.338 e. The molecule has 1 aliphatic carbocycles. The third kappa shape index (κ3) is 2.26. The normalized spacial score (nSPS) is 29.6. The van der Waals surface area contributed by atoms with E-state index in [4.69, 9.17) is 17.3 Å². The molecule has 1 saturated heterocycles. The summed E-state index contributed by atoms with van der Waals surface area (Å²) in [5.74, 6) is 1.18. The van der Waals surface area contributed by atoms with Crippen LogP contribution in [0.15, 0.2) is 18.2 Å². The highest BCUT2D eigenvalue weighted by Crippen LogP contribution is 2.37. The molecule has 1 heterocycles. The second-order valence-electron chi connectivity index (χ2n) is 5.83. The Morgan fingerprint density at radius 2 is 2.16 bits per heavy atom. The number of likely N-dealkylation sites (tertiary alicyclic amines) is 1. The van der Waals surface area contributed by atoms with Crippen LogP contribution < -0.4 is 5.73 Å². The quantitative estimate of drug-likeness (QED) is 0.858. The molecule has 4 heteroatoms. The SMILES string of the molecule is Cc1ccc(Cl)cc1C(=O)N1CC2CCC(N)C2C1. The Kier molecular flexibility index (Phi) is 3.27. The number of hydrogen-bond donors (Lipinski definition) is 1. The lowest BCUT2D eigenvalue weighted by Crippen LogP contribution is -2.33. The third-order valence-corrected chi connectivity index (χ3v) is 4.86. The predicted molar refractivity (Wildman–Crippen MR) is 76.3 cm³/mol. The van der Waals surface area contributed by atoms with Crippen LogP contribution >= 0.6 is 11.6 Å². The first kappa shape index (κ1) is 12.9. The van der Waals surface area contributed by atoms with Crippen LogP contribution in [0.3, 0.4) is 0 Å². The van der Waals surface area contributed by atoms with Crippen molar-refractivity contribution in [2.24, 2.45) is 17.6 Å². The van der Waals surface area contributed by atoms with Gasteiger partial charge in [0.25, 0.3) is 5.91 Å². The van der Waals surface area contributed by atoms with Gasteiger partial charge in [0.15, 0.2) is 0 Å². The molecule has 102 valence electrons. The van der Waals surface area contributed by atoms with Gasteiger partial charge in [-0.15, -0.1) is 0 Å². The fourth-order valence-electron chi connectivity index (χ4n) is 3.47. The molecule has 19 heavy (non-hydrogen) atoms. The number of carbonyl (C=O) groups is 1. The molecule has 1 amide bonds. The van der Waals surface area contributed by atoms with Crippen LogP contribution in [0, 0.1) is 18.8 Å². The van der Waals surface area contributed by atoms with Crippen molar-refractivity contribution in [1.82, 2.24) is 4.90 Å². The fourth-order valence-corrected chi connectivity index (χ4v) is 3.64. The van der Waals surface area contributed by atoms with Crippen LogP contribution in [-0.4, -0.2) is 29.9 Å². The minimum absolute atomic E-state index is 0.0987. The van der Waals surface area contributed by atoms with E-state index in [2.05, 4.69) is 0 Å². The summed E-state index contributed by atoms with van der Waals surface area (Å²) >= 11 is 6.00. The maximum atomic E-state index is 12.6. The molecule has 2 aliphatic rings. The number of amides is 1. The van der Waals surface area contributed by atoms with Crippen molar-refractivity contribution < 1.29 is 4.79 Å². The molecule has 2 fully saturated rings. The van der Waals surface area contributed by atoms with E-state index in [0.717, 1.165) is 37.1 Å². The topological polar surface area (TPSA) is 46.3 Å². The van der Waals surface area contributed by atoms with Crippen LogP contribution in [0.25, 0.3) is 0 Å². The van der Waals surface area contributed by atoms with E-state index in [1.165, 1.54) is 0 Å². The van der Waals surface area contributed by atoms with Gasteiger partial charge in [-0.05, 0) is 49.3 Å². The van der Waals surface area contributed by atoms with Gasteiger partial charge in [0.2, 0.25) is 0 Å². The van der Waals surface area contributed by atoms with Gasteiger partial charge in [-0.25, -0.2) is 0 Å². The minimum Gasteiger partial charge on any atom is -0.338 e. The van der Waals surface area contributed by atoms with E-state index >= 15 is 0 Å². The summed E-state index contributed by atoms with van der Waals surface area (Å²) in [5, 5.41) is 0.616. The Bertz CT molecular complexity index is 517. The molecule has 2 N–H and O–H groups in total. The lowest BCUT2D eigenvalue weighted by atomic mass is 9.98. The fraction of sp³-hybridized carbons (Fsp3) is 0.533. The van der Waals surface area contributed by atoms with Crippen molar-refractivity contribution in [3.63, 3.8) is 0 Å². The van der Waals surface area contributed by atoms with Gasteiger partial charge in [-0.3, -0.25) is 4.79 Å². The molecule has 0 radical (unpaired) electrons. The zero-order chi connectivity index (χ0) is 13.6. The number of hydrogen-bond acceptors (Lipinski definition) is 2. The average molecular weight is 279 g/mol. The Morgan fingerprint density at radius 1 is 1.37 bits per heavy atom. The predicted octanol–water partition coefficient (Wildman–Crippen LogP) is 2.46. The molecule has 3 atom stereocenters. The summed E-state index contributed by atoms with van der Waals surface area (Å²) in [5.41, 5.74) is 7.82. The van der Waals surface area contributed by atoms with Gasteiger partial charge in [0.1, 0.15) is 0 Å². The first-order valence-electron chi connectivity index (χ1n) is 6.87.